The van der Waals surface area contributed by atoms with E-state index in [2.05, 4.69) is 31.0 Å². The number of aromatic nitrogens is 1. The number of hydrogen-bond acceptors (Lipinski definition) is 3. The fourth-order valence-electron chi connectivity index (χ4n) is 4.30. The minimum atomic E-state index is -5.17. The highest BCUT2D eigenvalue weighted by atomic mass is 79.9. The van der Waals surface area contributed by atoms with E-state index in [1.165, 1.54) is 12.1 Å². The Hall–Kier alpha value is -3.78. The Kier molecular flexibility index (Phi) is 9.54. The molecule has 1 atom stereocenters. The van der Waals surface area contributed by atoms with Gasteiger partial charge < -0.3 is 10.1 Å². The zero-order chi connectivity index (χ0) is 32.4. The number of halogens is 11. The molecule has 0 spiro atoms. The lowest BCUT2D eigenvalue weighted by atomic mass is 9.80. The molecule has 0 saturated carbocycles. The van der Waals surface area contributed by atoms with Gasteiger partial charge in [0.05, 0.1) is 16.3 Å². The van der Waals surface area contributed by atoms with Crippen LogP contribution in [-0.4, -0.2) is 23.4 Å². The van der Waals surface area contributed by atoms with Crippen LogP contribution < -0.4 is 10.1 Å². The van der Waals surface area contributed by atoms with Crippen molar-refractivity contribution >= 4 is 33.4 Å². The lowest BCUT2D eigenvalue weighted by Gasteiger charge is -2.36. The van der Waals surface area contributed by atoms with E-state index in [4.69, 9.17) is 11.6 Å². The predicted molar refractivity (Wildman–Crippen MR) is 145 cm³/mol. The van der Waals surface area contributed by atoms with Crippen LogP contribution in [0.2, 0.25) is 5.02 Å². The van der Waals surface area contributed by atoms with Crippen molar-refractivity contribution in [3.63, 3.8) is 0 Å². The van der Waals surface area contributed by atoms with Gasteiger partial charge in [-0.1, -0.05) is 45.7 Å². The Labute approximate surface area is 256 Å². The van der Waals surface area contributed by atoms with Crippen molar-refractivity contribution in [3.8, 4) is 5.75 Å². The molecule has 3 aromatic carbocycles. The van der Waals surface area contributed by atoms with Crippen LogP contribution in [0.4, 0.5) is 39.5 Å². The number of carbonyl (C=O) groups excluding carboxylic acids is 1. The molecule has 0 bridgehead atoms. The number of alkyl halides is 7. The van der Waals surface area contributed by atoms with Gasteiger partial charge in [-0.05, 0) is 59.7 Å². The second-order valence-corrected chi connectivity index (χ2v) is 10.6. The van der Waals surface area contributed by atoms with Gasteiger partial charge in [0.2, 0.25) is 0 Å². The first-order valence-electron chi connectivity index (χ1n) is 12.2. The molecule has 4 aromatic rings. The standard InChI is InChI=1S/C29H17BrClF9N2O2/c30-22-4-2-1-3-16(22)13-27(24-8-6-18(31)14-41-24,17-10-19(32)12-20(11-17)44-29(39,40)26(34)35)42-25(43)15-5-7-23(33)21(9-15)28(36,37)38/h1-12,14,26H,13H2,(H,42,43). The summed E-state index contributed by atoms with van der Waals surface area (Å²) in [4.78, 5) is 17.8. The molecule has 0 fully saturated rings. The summed E-state index contributed by atoms with van der Waals surface area (Å²) in [5.41, 5.74) is -4.65. The van der Waals surface area contributed by atoms with Crippen molar-refractivity contribution in [2.24, 2.45) is 0 Å². The SMILES string of the molecule is O=C(NC(Cc1ccccc1Br)(c1cc(F)cc(OC(F)(F)C(F)F)c1)c1ccc(Cl)cn1)c1ccc(F)c(C(F)(F)F)c1. The lowest BCUT2D eigenvalue weighted by molar-refractivity contribution is -0.253. The molecule has 0 aliphatic rings. The largest absolute Gasteiger partial charge is 0.461 e. The summed E-state index contributed by atoms with van der Waals surface area (Å²) in [6.45, 7) is 0. The smallest absolute Gasteiger partial charge is 0.428 e. The molecule has 0 radical (unpaired) electrons. The normalized spacial score (nSPS) is 13.5. The summed E-state index contributed by atoms with van der Waals surface area (Å²) in [5.74, 6) is -5.22. The summed E-state index contributed by atoms with van der Waals surface area (Å²) in [7, 11) is 0. The summed E-state index contributed by atoms with van der Waals surface area (Å²) in [6, 6.07) is 12.3. The third kappa shape index (κ3) is 7.29. The maximum absolute atomic E-state index is 15.0. The first-order valence-corrected chi connectivity index (χ1v) is 13.4. The zero-order valence-electron chi connectivity index (χ0n) is 21.7. The molecule has 0 saturated heterocycles. The van der Waals surface area contributed by atoms with E-state index in [0.29, 0.717) is 22.2 Å². The maximum atomic E-state index is 15.0. The highest BCUT2D eigenvalue weighted by molar-refractivity contribution is 9.10. The maximum Gasteiger partial charge on any atom is 0.461 e. The molecule has 4 rings (SSSR count). The van der Waals surface area contributed by atoms with Crippen LogP contribution in [0.25, 0.3) is 0 Å². The molecule has 1 aromatic heterocycles. The van der Waals surface area contributed by atoms with Gasteiger partial charge in [-0.2, -0.15) is 30.7 Å². The van der Waals surface area contributed by atoms with Crippen LogP contribution in [0.3, 0.4) is 0 Å². The summed E-state index contributed by atoms with van der Waals surface area (Å²) in [6.07, 6.45) is -13.7. The molecular weight excluding hydrogens is 695 g/mol. The first-order chi connectivity index (χ1) is 20.5. The lowest BCUT2D eigenvalue weighted by Crippen LogP contribution is -2.49. The fourth-order valence-corrected chi connectivity index (χ4v) is 4.83. The second-order valence-electron chi connectivity index (χ2n) is 9.32. The van der Waals surface area contributed by atoms with Gasteiger partial charge in [0.1, 0.15) is 22.9 Å². The van der Waals surface area contributed by atoms with Crippen molar-refractivity contribution in [1.82, 2.24) is 10.3 Å². The molecule has 4 nitrogen and oxygen atoms in total. The molecule has 1 amide bonds. The Balaban J connectivity index is 1.98. The molecule has 0 aliphatic carbocycles. The average molecular weight is 712 g/mol. The molecule has 1 N–H and O–H groups in total. The van der Waals surface area contributed by atoms with E-state index in [9.17, 15) is 44.3 Å². The number of hydrogen-bond donors (Lipinski definition) is 1. The van der Waals surface area contributed by atoms with Crippen molar-refractivity contribution < 1.29 is 49.0 Å². The van der Waals surface area contributed by atoms with Crippen molar-refractivity contribution in [2.75, 3.05) is 0 Å². The Morgan fingerprint density at radius 2 is 1.66 bits per heavy atom. The highest BCUT2D eigenvalue weighted by Gasteiger charge is 2.45. The minimum absolute atomic E-state index is 0.100. The molecule has 44 heavy (non-hydrogen) atoms. The van der Waals surface area contributed by atoms with Gasteiger partial charge in [0, 0.05) is 28.7 Å². The Morgan fingerprint density at radius 1 is 0.955 bits per heavy atom. The zero-order valence-corrected chi connectivity index (χ0v) is 24.1. The quantitative estimate of drug-likeness (QED) is 0.177. The van der Waals surface area contributed by atoms with E-state index in [1.54, 1.807) is 24.3 Å². The number of amides is 1. The van der Waals surface area contributed by atoms with Crippen LogP contribution in [-0.2, 0) is 18.1 Å². The number of benzene rings is 3. The average Bonchev–Trinajstić information content (AvgIpc) is 2.93. The van der Waals surface area contributed by atoms with Crippen LogP contribution in [0, 0.1) is 11.6 Å². The molecular formula is C29H17BrClF9N2O2. The monoisotopic (exact) mass is 710 g/mol. The molecule has 232 valence electrons. The number of pyridine rings is 1. The van der Waals surface area contributed by atoms with Crippen LogP contribution >= 0.6 is 27.5 Å². The van der Waals surface area contributed by atoms with Gasteiger partial charge in [0.15, 0.2) is 0 Å². The third-order valence-electron chi connectivity index (χ3n) is 6.31. The summed E-state index contributed by atoms with van der Waals surface area (Å²) < 4.78 is 127. The number of nitrogens with zero attached hydrogens (tertiary/aromatic N) is 1. The Bertz CT molecular complexity index is 1670. The number of rotatable bonds is 9. The van der Waals surface area contributed by atoms with Gasteiger partial charge in [-0.3, -0.25) is 9.78 Å². The second kappa shape index (κ2) is 12.7. The van der Waals surface area contributed by atoms with E-state index in [0.717, 1.165) is 24.4 Å². The first kappa shape index (κ1) is 33.1. The highest BCUT2D eigenvalue weighted by Crippen LogP contribution is 2.39. The number of ether oxygens (including phenoxy) is 1. The summed E-state index contributed by atoms with van der Waals surface area (Å²) in [5, 5.41) is 2.60. The molecule has 15 heteroatoms. The van der Waals surface area contributed by atoms with Crippen LogP contribution in [0.15, 0.2) is 83.5 Å². The van der Waals surface area contributed by atoms with Crippen molar-refractivity contribution in [3.05, 3.63) is 128 Å². The van der Waals surface area contributed by atoms with E-state index in [1.807, 2.05) is 0 Å². The Morgan fingerprint density at radius 3 is 2.27 bits per heavy atom. The van der Waals surface area contributed by atoms with Crippen molar-refractivity contribution in [2.45, 2.75) is 30.7 Å². The molecule has 1 heterocycles. The summed E-state index contributed by atoms with van der Waals surface area (Å²) >= 11 is 9.33. The number of carbonyl (C=O) groups is 1. The molecule has 0 aliphatic heterocycles. The minimum Gasteiger partial charge on any atom is -0.428 e. The van der Waals surface area contributed by atoms with Gasteiger partial charge in [-0.25, -0.2) is 8.78 Å². The van der Waals surface area contributed by atoms with Crippen LogP contribution in [0.5, 0.6) is 5.75 Å². The van der Waals surface area contributed by atoms with Gasteiger partial charge in [0.25, 0.3) is 5.91 Å². The predicted octanol–water partition coefficient (Wildman–Crippen LogP) is 8.95. The van der Waals surface area contributed by atoms with Gasteiger partial charge >= 0.3 is 18.7 Å². The van der Waals surface area contributed by atoms with Crippen LogP contribution in [0.1, 0.15) is 32.7 Å². The molecule has 1 unspecified atom stereocenters. The van der Waals surface area contributed by atoms with Crippen molar-refractivity contribution in [1.29, 1.82) is 0 Å². The third-order valence-corrected chi connectivity index (χ3v) is 7.31. The topological polar surface area (TPSA) is 51.2 Å². The van der Waals surface area contributed by atoms with Gasteiger partial charge in [-0.15, -0.1) is 0 Å². The van der Waals surface area contributed by atoms with E-state index < -0.39 is 58.7 Å². The van der Waals surface area contributed by atoms with E-state index in [-0.39, 0.29) is 28.8 Å². The van der Waals surface area contributed by atoms with E-state index >= 15 is 0 Å². The fraction of sp³-hybridized carbons (Fsp3) is 0.172. The number of nitrogens with one attached hydrogen (secondary N) is 1.